The van der Waals surface area contributed by atoms with Gasteiger partial charge in [0.15, 0.2) is 0 Å². The van der Waals surface area contributed by atoms with Gasteiger partial charge in [-0.25, -0.2) is 9.59 Å². The fourth-order valence-corrected chi connectivity index (χ4v) is 2.84. The Hall–Kier alpha value is -3.00. The van der Waals surface area contributed by atoms with Crippen LogP contribution in [0.5, 0.6) is 11.5 Å². The molecular formula is C17H16O8. The number of carbonyl (C=O) groups excluding carboxylic acids is 2. The van der Waals surface area contributed by atoms with Crippen LogP contribution in [0.1, 0.15) is 33.2 Å². The van der Waals surface area contributed by atoms with E-state index in [-0.39, 0.29) is 39.5 Å². The van der Waals surface area contributed by atoms with Crippen LogP contribution in [0.15, 0.2) is 23.7 Å². The zero-order valence-corrected chi connectivity index (χ0v) is 14.0. The largest absolute Gasteiger partial charge is 0.507 e. The molecule has 1 aromatic rings. The first kappa shape index (κ1) is 16.8. The molecule has 8 nitrogen and oxygen atoms in total. The molecule has 0 spiro atoms. The van der Waals surface area contributed by atoms with Crippen LogP contribution in [0.2, 0.25) is 0 Å². The van der Waals surface area contributed by atoms with Gasteiger partial charge in [-0.15, -0.1) is 0 Å². The summed E-state index contributed by atoms with van der Waals surface area (Å²) in [7, 11) is 3.90. The average Bonchev–Trinajstić information content (AvgIpc) is 2.72. The Morgan fingerprint density at radius 1 is 1.24 bits per heavy atom. The van der Waals surface area contributed by atoms with Crippen molar-refractivity contribution < 1.29 is 38.4 Å². The van der Waals surface area contributed by atoms with E-state index in [0.29, 0.717) is 5.76 Å². The van der Waals surface area contributed by atoms with Gasteiger partial charge in [0.25, 0.3) is 0 Å². The van der Waals surface area contributed by atoms with Crippen molar-refractivity contribution in [1.82, 2.24) is 0 Å². The molecule has 3 rings (SSSR count). The third kappa shape index (κ3) is 2.51. The molecule has 0 unspecified atom stereocenters. The second-order valence-electron chi connectivity index (χ2n) is 5.33. The molecule has 8 heteroatoms. The molecule has 1 atom stereocenters. The fourth-order valence-electron chi connectivity index (χ4n) is 2.84. The second kappa shape index (κ2) is 6.14. The quantitative estimate of drug-likeness (QED) is 0.830. The van der Waals surface area contributed by atoms with Crippen molar-refractivity contribution in [2.24, 2.45) is 0 Å². The fraction of sp³-hybridized carbons (Fsp3) is 0.294. The van der Waals surface area contributed by atoms with Crippen LogP contribution < -0.4 is 9.47 Å². The minimum absolute atomic E-state index is 0.0307. The van der Waals surface area contributed by atoms with Crippen LogP contribution in [0.3, 0.4) is 0 Å². The van der Waals surface area contributed by atoms with Gasteiger partial charge in [0, 0.05) is 18.7 Å². The lowest BCUT2D eigenvalue weighted by Crippen LogP contribution is -2.30. The van der Waals surface area contributed by atoms with Gasteiger partial charge in [-0.1, -0.05) is 0 Å². The van der Waals surface area contributed by atoms with E-state index in [9.17, 15) is 14.7 Å². The van der Waals surface area contributed by atoms with E-state index < -0.39 is 18.2 Å². The number of aliphatic hydroxyl groups is 1. The maximum atomic E-state index is 12.4. The van der Waals surface area contributed by atoms with Crippen molar-refractivity contribution in [3.63, 3.8) is 0 Å². The van der Waals surface area contributed by atoms with Crippen LogP contribution in [0, 0.1) is 0 Å². The third-order valence-electron chi connectivity index (χ3n) is 3.89. The molecule has 25 heavy (non-hydrogen) atoms. The molecule has 1 N–H and O–H groups in total. The summed E-state index contributed by atoms with van der Waals surface area (Å²) in [5.41, 5.74) is 0.409. The summed E-state index contributed by atoms with van der Waals surface area (Å²) in [4.78, 5) is 24.7. The molecular weight excluding hydrogens is 332 g/mol. The Morgan fingerprint density at radius 2 is 1.96 bits per heavy atom. The van der Waals surface area contributed by atoms with Crippen molar-refractivity contribution in [1.29, 1.82) is 0 Å². The standard InChI is InChI=1S/C17H16O8/c1-7-5-9(18)11-13-12(16(20)25-17(11)23-4)10(21-2)6-8(14(13)24-7)15(19)22-3/h5-6,17-18H,1-4H3/t17-/m1/s1. The van der Waals surface area contributed by atoms with Gasteiger partial charge in [0.05, 0.1) is 19.8 Å². The number of benzene rings is 1. The second-order valence-corrected chi connectivity index (χ2v) is 5.33. The van der Waals surface area contributed by atoms with Gasteiger partial charge in [0.2, 0.25) is 6.29 Å². The molecule has 0 bridgehead atoms. The van der Waals surface area contributed by atoms with Crippen molar-refractivity contribution in [2.75, 3.05) is 21.3 Å². The maximum absolute atomic E-state index is 12.4. The maximum Gasteiger partial charge on any atom is 0.345 e. The summed E-state index contributed by atoms with van der Waals surface area (Å²) in [5.74, 6) is -1.16. The van der Waals surface area contributed by atoms with Crippen molar-refractivity contribution in [3.8, 4) is 11.5 Å². The molecule has 0 amide bonds. The van der Waals surface area contributed by atoms with Crippen LogP contribution in [-0.4, -0.2) is 44.7 Å². The minimum Gasteiger partial charge on any atom is -0.507 e. The van der Waals surface area contributed by atoms with Crippen molar-refractivity contribution in [2.45, 2.75) is 13.2 Å². The van der Waals surface area contributed by atoms with E-state index in [2.05, 4.69) is 0 Å². The summed E-state index contributed by atoms with van der Waals surface area (Å²) in [6, 6.07) is 1.33. The summed E-state index contributed by atoms with van der Waals surface area (Å²) in [6.07, 6.45) is 0.180. The van der Waals surface area contributed by atoms with Gasteiger partial charge >= 0.3 is 11.9 Å². The van der Waals surface area contributed by atoms with Crippen molar-refractivity contribution >= 4 is 17.5 Å². The first-order valence-corrected chi connectivity index (χ1v) is 7.29. The Balaban J connectivity index is 2.46. The topological polar surface area (TPSA) is 101 Å². The first-order chi connectivity index (χ1) is 11.9. The number of ether oxygens (including phenoxy) is 5. The van der Waals surface area contributed by atoms with E-state index >= 15 is 0 Å². The number of rotatable bonds is 3. The minimum atomic E-state index is -1.16. The molecule has 1 aromatic carbocycles. The smallest absolute Gasteiger partial charge is 0.345 e. The van der Waals surface area contributed by atoms with Gasteiger partial charge in [-0.2, -0.15) is 0 Å². The Bertz CT molecular complexity index is 834. The number of hydrogen-bond donors (Lipinski definition) is 1. The summed E-state index contributed by atoms with van der Waals surface area (Å²) < 4.78 is 26.1. The summed E-state index contributed by atoms with van der Waals surface area (Å²) in [5, 5.41) is 10.5. The number of methoxy groups -OCH3 is 3. The predicted molar refractivity (Wildman–Crippen MR) is 84.5 cm³/mol. The zero-order valence-electron chi connectivity index (χ0n) is 14.0. The van der Waals surface area contributed by atoms with E-state index in [0.717, 1.165) is 0 Å². The molecule has 0 aliphatic carbocycles. The molecule has 2 aliphatic heterocycles. The van der Waals surface area contributed by atoms with Gasteiger partial charge in [-0.05, 0) is 13.0 Å². The Kier molecular flexibility index (Phi) is 4.13. The highest BCUT2D eigenvalue weighted by Crippen LogP contribution is 2.47. The zero-order chi connectivity index (χ0) is 18.3. The first-order valence-electron chi connectivity index (χ1n) is 7.29. The molecule has 132 valence electrons. The van der Waals surface area contributed by atoms with E-state index in [1.807, 2.05) is 0 Å². The van der Waals surface area contributed by atoms with Crippen LogP contribution in [0.25, 0.3) is 5.57 Å². The monoisotopic (exact) mass is 348 g/mol. The normalized spacial score (nSPS) is 18.5. The number of carbonyl (C=O) groups is 2. The number of esters is 2. The average molecular weight is 348 g/mol. The van der Waals surface area contributed by atoms with E-state index in [1.165, 1.54) is 33.5 Å². The highest BCUT2D eigenvalue weighted by molar-refractivity contribution is 6.07. The lowest BCUT2D eigenvalue weighted by atomic mass is 9.91. The van der Waals surface area contributed by atoms with Crippen molar-refractivity contribution in [3.05, 3.63) is 40.4 Å². The molecule has 0 aromatic heterocycles. The highest BCUT2D eigenvalue weighted by Gasteiger charge is 2.41. The number of aliphatic hydroxyl groups excluding tert-OH is 1. The van der Waals surface area contributed by atoms with Gasteiger partial charge in [-0.3, -0.25) is 0 Å². The van der Waals surface area contributed by atoms with Crippen LogP contribution in [-0.2, 0) is 14.2 Å². The van der Waals surface area contributed by atoms with Crippen LogP contribution in [0.4, 0.5) is 0 Å². The van der Waals surface area contributed by atoms with Crippen LogP contribution >= 0.6 is 0 Å². The van der Waals surface area contributed by atoms with Gasteiger partial charge < -0.3 is 28.8 Å². The Morgan fingerprint density at radius 3 is 2.56 bits per heavy atom. The number of hydrogen-bond acceptors (Lipinski definition) is 8. The molecule has 0 radical (unpaired) electrons. The summed E-state index contributed by atoms with van der Waals surface area (Å²) in [6.45, 7) is 1.59. The molecule has 2 aliphatic rings. The SMILES string of the molecule is COC(=O)c1cc(OC)c2c3c1OC(C)=CC(O)=C3[C@H](OC)OC2=O. The number of allylic oxidation sites excluding steroid dienone is 2. The van der Waals surface area contributed by atoms with E-state index in [4.69, 9.17) is 23.7 Å². The molecule has 0 saturated heterocycles. The predicted octanol–water partition coefficient (Wildman–Crippen LogP) is 2.19. The lowest BCUT2D eigenvalue weighted by Gasteiger charge is -2.29. The Labute approximate surface area is 143 Å². The molecule has 0 fully saturated rings. The highest BCUT2D eigenvalue weighted by atomic mass is 16.7. The number of cyclic esters (lactones) is 1. The summed E-state index contributed by atoms with van der Waals surface area (Å²) >= 11 is 0. The molecule has 0 saturated carbocycles. The molecule has 2 heterocycles. The third-order valence-corrected chi connectivity index (χ3v) is 3.89. The van der Waals surface area contributed by atoms with Gasteiger partial charge in [0.1, 0.15) is 34.1 Å². The van der Waals surface area contributed by atoms with E-state index in [1.54, 1.807) is 6.92 Å². The lowest BCUT2D eigenvalue weighted by molar-refractivity contribution is -0.0576.